The lowest BCUT2D eigenvalue weighted by molar-refractivity contribution is -0.119. The Morgan fingerprint density at radius 2 is 2.25 bits per heavy atom. The second-order valence-electron chi connectivity index (χ2n) is 4.35. The van der Waals surface area contributed by atoms with Crippen molar-refractivity contribution in [3.8, 4) is 0 Å². The maximum absolute atomic E-state index is 12.0. The lowest BCUT2D eigenvalue weighted by atomic mass is 10.0. The van der Waals surface area contributed by atoms with Crippen LogP contribution in [0, 0.1) is 12.8 Å². The molecule has 2 N–H and O–H groups in total. The van der Waals surface area contributed by atoms with Crippen LogP contribution in [0.5, 0.6) is 0 Å². The summed E-state index contributed by atoms with van der Waals surface area (Å²) in [5, 5.41) is 6.37. The Morgan fingerprint density at radius 3 is 3.00 bits per heavy atom. The highest BCUT2D eigenvalue weighted by Crippen LogP contribution is 2.29. The molecule has 0 spiro atoms. The van der Waals surface area contributed by atoms with Crippen molar-refractivity contribution in [3.05, 3.63) is 23.8 Å². The van der Waals surface area contributed by atoms with Gasteiger partial charge in [-0.3, -0.25) is 4.79 Å². The van der Waals surface area contributed by atoms with Crippen LogP contribution in [0.3, 0.4) is 0 Å². The van der Waals surface area contributed by atoms with Crippen molar-refractivity contribution in [1.29, 1.82) is 0 Å². The van der Waals surface area contributed by atoms with Gasteiger partial charge < -0.3 is 10.6 Å². The molecule has 1 atom stereocenters. The Morgan fingerprint density at radius 1 is 1.44 bits per heavy atom. The molecule has 1 aliphatic heterocycles. The molecule has 1 unspecified atom stereocenters. The Bertz CT molecular complexity index is 401. The Kier molecular flexibility index (Phi) is 3.13. The lowest BCUT2D eigenvalue weighted by Crippen LogP contribution is -2.25. The number of amides is 1. The van der Waals surface area contributed by atoms with Crippen molar-refractivity contribution in [3.63, 3.8) is 0 Å². The fraction of sp³-hybridized carbons (Fsp3) is 0.462. The fourth-order valence-electron chi connectivity index (χ4n) is 2.11. The first-order chi connectivity index (χ1) is 7.72. The predicted molar refractivity (Wildman–Crippen MR) is 66.7 cm³/mol. The largest absolute Gasteiger partial charge is 0.383 e. The van der Waals surface area contributed by atoms with E-state index >= 15 is 0 Å². The average molecular weight is 218 g/mol. The summed E-state index contributed by atoms with van der Waals surface area (Å²) in [6, 6.07) is 6.03. The molecule has 1 aromatic carbocycles. The van der Waals surface area contributed by atoms with Gasteiger partial charge in [0.2, 0.25) is 5.91 Å². The second-order valence-corrected chi connectivity index (χ2v) is 4.35. The van der Waals surface area contributed by atoms with Crippen molar-refractivity contribution >= 4 is 17.3 Å². The SMILES string of the molecule is CCCC1CNc2cccc(C)c2NC1=O. The standard InChI is InChI=1S/C13H18N2O/c1-3-5-10-8-14-11-7-4-6-9(2)12(11)15-13(10)16/h4,6-7,10,14H,3,5,8H2,1-2H3,(H,15,16). The van der Waals surface area contributed by atoms with Gasteiger partial charge in [0.05, 0.1) is 17.3 Å². The Balaban J connectivity index is 2.26. The van der Waals surface area contributed by atoms with Gasteiger partial charge in [0, 0.05) is 6.54 Å². The minimum absolute atomic E-state index is 0.0804. The quantitative estimate of drug-likeness (QED) is 0.801. The zero-order valence-corrected chi connectivity index (χ0v) is 9.84. The van der Waals surface area contributed by atoms with Crippen LogP contribution in [0.15, 0.2) is 18.2 Å². The molecule has 1 amide bonds. The average Bonchev–Trinajstić information content (AvgIpc) is 2.42. The number of rotatable bonds is 2. The molecule has 3 nitrogen and oxygen atoms in total. The second kappa shape index (κ2) is 4.56. The maximum Gasteiger partial charge on any atom is 0.229 e. The monoisotopic (exact) mass is 218 g/mol. The molecule has 86 valence electrons. The third-order valence-electron chi connectivity index (χ3n) is 3.07. The van der Waals surface area contributed by atoms with Crippen molar-refractivity contribution < 1.29 is 4.79 Å². The predicted octanol–water partition coefficient (Wildman–Crippen LogP) is 2.78. The number of aryl methyl sites for hydroxylation is 1. The van der Waals surface area contributed by atoms with Crippen LogP contribution < -0.4 is 10.6 Å². The van der Waals surface area contributed by atoms with Crippen molar-refractivity contribution in [1.82, 2.24) is 0 Å². The molecule has 0 bridgehead atoms. The van der Waals surface area contributed by atoms with Crippen molar-refractivity contribution in [2.45, 2.75) is 26.7 Å². The maximum atomic E-state index is 12.0. The summed E-state index contributed by atoms with van der Waals surface area (Å²) in [4.78, 5) is 12.0. The molecule has 0 aliphatic carbocycles. The van der Waals surface area contributed by atoms with Crippen molar-refractivity contribution in [2.24, 2.45) is 5.92 Å². The van der Waals surface area contributed by atoms with Crippen LogP contribution in [0.1, 0.15) is 25.3 Å². The molecule has 0 saturated heterocycles. The van der Waals surface area contributed by atoms with Gasteiger partial charge in [0.25, 0.3) is 0 Å². The van der Waals surface area contributed by atoms with E-state index in [4.69, 9.17) is 0 Å². The molecular formula is C13H18N2O. The first-order valence-electron chi connectivity index (χ1n) is 5.86. The molecule has 0 saturated carbocycles. The number of nitrogens with one attached hydrogen (secondary N) is 2. The summed E-state index contributed by atoms with van der Waals surface area (Å²) in [7, 11) is 0. The van der Waals surface area contributed by atoms with E-state index in [1.165, 1.54) is 0 Å². The third-order valence-corrected chi connectivity index (χ3v) is 3.07. The minimum Gasteiger partial charge on any atom is -0.383 e. The van der Waals surface area contributed by atoms with E-state index < -0.39 is 0 Å². The Hall–Kier alpha value is -1.51. The topological polar surface area (TPSA) is 41.1 Å². The number of hydrogen-bond acceptors (Lipinski definition) is 2. The molecule has 0 fully saturated rings. The van der Waals surface area contributed by atoms with Crippen LogP contribution in [0.4, 0.5) is 11.4 Å². The van der Waals surface area contributed by atoms with Gasteiger partial charge in [0.1, 0.15) is 0 Å². The molecular weight excluding hydrogens is 200 g/mol. The van der Waals surface area contributed by atoms with Gasteiger partial charge >= 0.3 is 0 Å². The van der Waals surface area contributed by atoms with E-state index in [2.05, 4.69) is 17.6 Å². The molecule has 3 heteroatoms. The first-order valence-corrected chi connectivity index (χ1v) is 5.86. The van der Waals surface area contributed by atoms with E-state index in [0.29, 0.717) is 0 Å². The summed E-state index contributed by atoms with van der Waals surface area (Å²) in [6.45, 7) is 4.85. The normalized spacial score (nSPS) is 19.4. The zero-order chi connectivity index (χ0) is 11.5. The van der Waals surface area contributed by atoms with E-state index in [9.17, 15) is 4.79 Å². The summed E-state index contributed by atoms with van der Waals surface area (Å²) < 4.78 is 0. The highest BCUT2D eigenvalue weighted by Gasteiger charge is 2.22. The van der Waals surface area contributed by atoms with E-state index in [1.54, 1.807) is 0 Å². The van der Waals surface area contributed by atoms with Gasteiger partial charge in [-0.15, -0.1) is 0 Å². The molecule has 2 rings (SSSR count). The number of anilines is 2. The number of fused-ring (bicyclic) bond motifs is 1. The number of carbonyl (C=O) groups excluding carboxylic acids is 1. The van der Waals surface area contributed by atoms with Gasteiger partial charge in [-0.25, -0.2) is 0 Å². The Labute approximate surface area is 96.2 Å². The van der Waals surface area contributed by atoms with E-state index in [0.717, 1.165) is 36.3 Å². The molecule has 0 aromatic heterocycles. The highest BCUT2D eigenvalue weighted by atomic mass is 16.1. The van der Waals surface area contributed by atoms with Gasteiger partial charge in [-0.1, -0.05) is 25.5 Å². The molecule has 1 heterocycles. The number of hydrogen-bond donors (Lipinski definition) is 2. The minimum atomic E-state index is 0.0804. The molecule has 1 aliphatic rings. The van der Waals surface area contributed by atoms with Crippen LogP contribution in [0.25, 0.3) is 0 Å². The van der Waals surface area contributed by atoms with Gasteiger partial charge in [-0.05, 0) is 25.0 Å². The summed E-state index contributed by atoms with van der Waals surface area (Å²) >= 11 is 0. The zero-order valence-electron chi connectivity index (χ0n) is 9.84. The van der Waals surface area contributed by atoms with Crippen LogP contribution in [0.2, 0.25) is 0 Å². The van der Waals surface area contributed by atoms with Crippen LogP contribution >= 0.6 is 0 Å². The number of benzene rings is 1. The van der Waals surface area contributed by atoms with Crippen molar-refractivity contribution in [2.75, 3.05) is 17.2 Å². The molecule has 1 aromatic rings. The smallest absolute Gasteiger partial charge is 0.229 e. The summed E-state index contributed by atoms with van der Waals surface area (Å²) in [5.74, 6) is 0.221. The van der Waals surface area contributed by atoms with Crippen LogP contribution in [-0.2, 0) is 4.79 Å². The molecule has 0 radical (unpaired) electrons. The molecule has 16 heavy (non-hydrogen) atoms. The summed E-state index contributed by atoms with van der Waals surface area (Å²) in [5.41, 5.74) is 3.08. The first kappa shape index (κ1) is 11.0. The number of carbonyl (C=O) groups is 1. The van der Waals surface area contributed by atoms with Crippen LogP contribution in [-0.4, -0.2) is 12.5 Å². The lowest BCUT2D eigenvalue weighted by Gasteiger charge is -2.11. The van der Waals surface area contributed by atoms with E-state index in [-0.39, 0.29) is 11.8 Å². The van der Waals surface area contributed by atoms with Gasteiger partial charge in [0.15, 0.2) is 0 Å². The third kappa shape index (κ3) is 2.03. The number of para-hydroxylation sites is 1. The fourth-order valence-corrected chi connectivity index (χ4v) is 2.11. The summed E-state index contributed by atoms with van der Waals surface area (Å²) in [6.07, 6.45) is 1.97. The van der Waals surface area contributed by atoms with E-state index in [1.807, 2.05) is 25.1 Å². The van der Waals surface area contributed by atoms with Gasteiger partial charge in [-0.2, -0.15) is 0 Å². The highest BCUT2D eigenvalue weighted by molar-refractivity contribution is 5.98.